The van der Waals surface area contributed by atoms with Crippen LogP contribution in [0.1, 0.15) is 31.9 Å². The first-order valence-corrected chi connectivity index (χ1v) is 13.2. The Morgan fingerprint density at radius 2 is 1.78 bits per heavy atom. The summed E-state index contributed by atoms with van der Waals surface area (Å²) in [4.78, 5) is 8.71. The number of aryl methyl sites for hydroxylation is 1. The van der Waals surface area contributed by atoms with E-state index in [1.165, 1.54) is 12.1 Å². The van der Waals surface area contributed by atoms with Crippen LogP contribution in [0.3, 0.4) is 0 Å². The highest BCUT2D eigenvalue weighted by molar-refractivity contribution is 7.92. The predicted molar refractivity (Wildman–Crippen MR) is 141 cm³/mol. The van der Waals surface area contributed by atoms with Crippen LogP contribution in [0.25, 0.3) is 11.3 Å². The second kappa shape index (κ2) is 11.0. The van der Waals surface area contributed by atoms with E-state index in [1.807, 2.05) is 24.7 Å². The molecule has 0 saturated carbocycles. The molecule has 2 aromatic heterocycles. The number of benzene rings is 2. The van der Waals surface area contributed by atoms with E-state index in [0.717, 1.165) is 24.2 Å². The molecule has 4 rings (SSSR count). The number of nitrogens with one attached hydrogen (secondary N) is 2. The first kappa shape index (κ1) is 25.6. The average molecular weight is 506 g/mol. The van der Waals surface area contributed by atoms with Gasteiger partial charge in [-0.05, 0) is 62.2 Å². The van der Waals surface area contributed by atoms with Crippen molar-refractivity contribution in [3.63, 3.8) is 0 Å². The topological polar surface area (TPSA) is 109 Å². The van der Waals surface area contributed by atoms with Gasteiger partial charge in [0.1, 0.15) is 0 Å². The fourth-order valence-electron chi connectivity index (χ4n) is 3.77. The Hall–Kier alpha value is -3.53. The molecule has 0 spiro atoms. The molecule has 8 nitrogen and oxygen atoms in total. The van der Waals surface area contributed by atoms with Gasteiger partial charge in [0, 0.05) is 48.5 Å². The molecule has 36 heavy (non-hydrogen) atoms. The van der Waals surface area contributed by atoms with E-state index in [2.05, 4.69) is 38.4 Å². The van der Waals surface area contributed by atoms with Gasteiger partial charge in [-0.15, -0.1) is 0 Å². The van der Waals surface area contributed by atoms with Crippen LogP contribution in [-0.2, 0) is 16.6 Å². The van der Waals surface area contributed by atoms with Gasteiger partial charge >= 0.3 is 0 Å². The predicted octanol–water partition coefficient (Wildman–Crippen LogP) is 4.24. The van der Waals surface area contributed by atoms with Gasteiger partial charge in [0.15, 0.2) is 0 Å². The minimum atomic E-state index is -3.70. The second-order valence-electron chi connectivity index (χ2n) is 9.31. The Bertz CT molecular complexity index is 1370. The Kier molecular flexibility index (Phi) is 7.83. The summed E-state index contributed by atoms with van der Waals surface area (Å²) in [6, 6.07) is 18.9. The average Bonchev–Trinajstić information content (AvgIpc) is 3.37. The van der Waals surface area contributed by atoms with Crippen LogP contribution in [0, 0.1) is 0 Å². The van der Waals surface area contributed by atoms with Crippen molar-refractivity contribution in [2.45, 2.75) is 43.4 Å². The molecule has 0 aliphatic rings. The number of pyridine rings is 1. The van der Waals surface area contributed by atoms with Crippen LogP contribution in [0.5, 0.6) is 0 Å². The highest BCUT2D eigenvalue weighted by Gasteiger charge is 2.20. The van der Waals surface area contributed by atoms with Crippen LogP contribution in [-0.4, -0.2) is 40.1 Å². The summed E-state index contributed by atoms with van der Waals surface area (Å²) < 4.78 is 29.9. The zero-order valence-electron chi connectivity index (χ0n) is 20.4. The van der Waals surface area contributed by atoms with Crippen molar-refractivity contribution in [2.75, 3.05) is 11.3 Å². The van der Waals surface area contributed by atoms with Crippen molar-refractivity contribution in [2.24, 2.45) is 0 Å². The minimum Gasteiger partial charge on any atom is -0.387 e. The fourth-order valence-corrected chi connectivity index (χ4v) is 4.84. The van der Waals surface area contributed by atoms with Crippen molar-refractivity contribution in [1.29, 1.82) is 0 Å². The lowest BCUT2D eigenvalue weighted by Gasteiger charge is -2.28. The number of nitrogens with zero attached hydrogens (tertiary/aromatic N) is 3. The molecule has 0 amide bonds. The third-order valence-corrected chi connectivity index (χ3v) is 7.35. The Morgan fingerprint density at radius 1 is 1.03 bits per heavy atom. The van der Waals surface area contributed by atoms with Gasteiger partial charge in [0.05, 0.1) is 23.0 Å². The van der Waals surface area contributed by atoms with E-state index in [0.29, 0.717) is 17.8 Å². The monoisotopic (exact) mass is 505 g/mol. The summed E-state index contributed by atoms with van der Waals surface area (Å²) in [5, 5.41) is 14.2. The van der Waals surface area contributed by atoms with E-state index in [9.17, 15) is 13.5 Å². The lowest BCUT2D eigenvalue weighted by molar-refractivity contribution is 0.158. The SMILES string of the molecule is CC(C)(CCn1cnc(-c2ccncc2)c1)NCC(O)c1cccc(NS(=O)(=O)c2ccccc2)c1. The molecule has 9 heteroatoms. The van der Waals surface area contributed by atoms with Gasteiger partial charge < -0.3 is 15.0 Å². The lowest BCUT2D eigenvalue weighted by Crippen LogP contribution is -2.42. The maximum Gasteiger partial charge on any atom is 0.261 e. The number of sulfonamides is 1. The molecule has 0 aliphatic heterocycles. The number of aliphatic hydroxyl groups is 1. The molecule has 2 aromatic carbocycles. The zero-order valence-corrected chi connectivity index (χ0v) is 21.2. The van der Waals surface area contributed by atoms with Crippen molar-refractivity contribution >= 4 is 15.7 Å². The molecule has 188 valence electrons. The van der Waals surface area contributed by atoms with Crippen LogP contribution < -0.4 is 10.0 Å². The van der Waals surface area contributed by atoms with Crippen molar-refractivity contribution in [1.82, 2.24) is 19.9 Å². The molecule has 0 aliphatic carbocycles. The summed E-state index contributed by atoms with van der Waals surface area (Å²) in [6.07, 6.45) is 7.37. The Balaban J connectivity index is 1.31. The van der Waals surface area contributed by atoms with Crippen molar-refractivity contribution in [3.8, 4) is 11.3 Å². The largest absolute Gasteiger partial charge is 0.387 e. The van der Waals surface area contributed by atoms with Crippen molar-refractivity contribution < 1.29 is 13.5 Å². The van der Waals surface area contributed by atoms with Crippen molar-refractivity contribution in [3.05, 3.63) is 97.2 Å². The molecule has 0 bridgehead atoms. The number of aromatic nitrogens is 3. The molecular weight excluding hydrogens is 474 g/mol. The van der Waals surface area contributed by atoms with Crippen LogP contribution in [0.2, 0.25) is 0 Å². The highest BCUT2D eigenvalue weighted by Crippen LogP contribution is 2.22. The molecular formula is C27H31N5O3S. The quantitative estimate of drug-likeness (QED) is 0.281. The van der Waals surface area contributed by atoms with Gasteiger partial charge in [-0.3, -0.25) is 9.71 Å². The Morgan fingerprint density at radius 3 is 2.53 bits per heavy atom. The third kappa shape index (κ3) is 6.78. The van der Waals surface area contributed by atoms with Gasteiger partial charge in [-0.1, -0.05) is 30.3 Å². The van der Waals surface area contributed by atoms with Gasteiger partial charge in [-0.2, -0.15) is 0 Å². The maximum absolute atomic E-state index is 12.6. The second-order valence-corrected chi connectivity index (χ2v) is 11.0. The van der Waals surface area contributed by atoms with Crippen LogP contribution in [0.15, 0.2) is 96.5 Å². The summed E-state index contributed by atoms with van der Waals surface area (Å²) in [7, 11) is -3.70. The minimum absolute atomic E-state index is 0.185. The van der Waals surface area contributed by atoms with E-state index in [1.54, 1.807) is 54.9 Å². The number of rotatable bonds is 11. The first-order chi connectivity index (χ1) is 17.2. The molecule has 1 unspecified atom stereocenters. The summed E-state index contributed by atoms with van der Waals surface area (Å²) >= 11 is 0. The molecule has 3 N–H and O–H groups in total. The maximum atomic E-state index is 12.6. The number of β-amino-alcohol motifs (C(OH)–C–C–N with tert-alkyl or cyclic N) is 1. The molecule has 4 aromatic rings. The summed E-state index contributed by atoms with van der Waals surface area (Å²) in [5.41, 5.74) is 2.72. The molecule has 0 fully saturated rings. The number of aliphatic hydroxyl groups excluding tert-OH is 1. The molecule has 0 radical (unpaired) electrons. The number of anilines is 1. The zero-order chi connectivity index (χ0) is 25.6. The smallest absolute Gasteiger partial charge is 0.261 e. The lowest BCUT2D eigenvalue weighted by atomic mass is 9.99. The third-order valence-electron chi connectivity index (χ3n) is 5.96. The fraction of sp³-hybridized carbons (Fsp3) is 0.259. The van der Waals surface area contributed by atoms with E-state index < -0.39 is 16.1 Å². The number of imidazole rings is 1. The summed E-state index contributed by atoms with van der Waals surface area (Å²) in [6.45, 7) is 5.27. The number of hydrogen-bond donors (Lipinski definition) is 3. The molecule has 1 atom stereocenters. The highest BCUT2D eigenvalue weighted by atomic mass is 32.2. The van der Waals surface area contributed by atoms with E-state index in [-0.39, 0.29) is 10.4 Å². The van der Waals surface area contributed by atoms with Gasteiger partial charge in [-0.25, -0.2) is 13.4 Å². The molecule has 2 heterocycles. The summed E-state index contributed by atoms with van der Waals surface area (Å²) in [5.74, 6) is 0. The van der Waals surface area contributed by atoms with Gasteiger partial charge in [0.2, 0.25) is 0 Å². The Labute approximate surface area is 212 Å². The standard InChI is InChI=1S/C27H31N5O3S/c1-27(2,13-16-32-19-25(29-20-32)21-11-14-28-15-12-21)30-18-26(33)22-7-6-8-23(17-22)31-36(34,35)24-9-4-3-5-10-24/h3-12,14-15,17,19-20,26,30-31,33H,13,16,18H2,1-2H3. The van der Waals surface area contributed by atoms with E-state index >= 15 is 0 Å². The molecule has 0 saturated heterocycles. The normalized spacial score (nSPS) is 12.9. The van der Waals surface area contributed by atoms with Gasteiger partial charge in [0.25, 0.3) is 10.0 Å². The van der Waals surface area contributed by atoms with Crippen LogP contribution in [0.4, 0.5) is 5.69 Å². The number of hydrogen-bond acceptors (Lipinski definition) is 6. The van der Waals surface area contributed by atoms with E-state index in [4.69, 9.17) is 0 Å². The van der Waals surface area contributed by atoms with Crippen LogP contribution >= 0.6 is 0 Å². The first-order valence-electron chi connectivity index (χ1n) is 11.7.